The second kappa shape index (κ2) is 5.05. The lowest BCUT2D eigenvalue weighted by molar-refractivity contribution is -0.140. The average Bonchev–Trinajstić information content (AvgIpc) is 2.73. The Morgan fingerprint density at radius 2 is 1.84 bits per heavy atom. The molecule has 2 aromatic rings. The quantitative estimate of drug-likeness (QED) is 0.555. The molecule has 0 unspecified atom stereocenters. The summed E-state index contributed by atoms with van der Waals surface area (Å²) < 4.78 is 51.9. The molecule has 1 heterocycles. The third kappa shape index (κ3) is 2.71. The Morgan fingerprint density at radius 3 is 2.37 bits per heavy atom. The third-order valence-electron chi connectivity index (χ3n) is 2.41. The van der Waals surface area contributed by atoms with Crippen molar-refractivity contribution in [2.24, 2.45) is 0 Å². The highest BCUT2D eigenvalue weighted by molar-refractivity contribution is 9.10. The van der Waals surface area contributed by atoms with E-state index in [1.54, 1.807) is 5.38 Å². The first kappa shape index (κ1) is 14.2. The van der Waals surface area contributed by atoms with Crippen LogP contribution in [0.25, 0.3) is 0 Å². The second-order valence-electron chi connectivity index (χ2n) is 3.63. The third-order valence-corrected chi connectivity index (χ3v) is 4.11. The number of carbonyl (C=O) groups excluding carboxylic acids is 1. The maximum atomic E-state index is 13.8. The minimum atomic E-state index is -4.83. The fourth-order valence-electron chi connectivity index (χ4n) is 1.51. The molecular weight excluding hydrogens is 348 g/mol. The maximum Gasteiger partial charge on any atom is 0.419 e. The molecule has 2 rings (SSSR count). The summed E-state index contributed by atoms with van der Waals surface area (Å²) in [5.74, 6) is -2.32. The Bertz CT molecular complexity index is 633. The van der Waals surface area contributed by atoms with Crippen LogP contribution >= 0.6 is 27.3 Å². The zero-order valence-electron chi connectivity index (χ0n) is 9.09. The molecule has 0 N–H and O–H groups in total. The van der Waals surface area contributed by atoms with Crippen molar-refractivity contribution in [2.75, 3.05) is 0 Å². The van der Waals surface area contributed by atoms with Gasteiger partial charge in [-0.25, -0.2) is 4.39 Å². The Kier molecular flexibility index (Phi) is 3.78. The van der Waals surface area contributed by atoms with Crippen LogP contribution < -0.4 is 0 Å². The summed E-state index contributed by atoms with van der Waals surface area (Å²) in [6, 6.07) is 2.66. The van der Waals surface area contributed by atoms with Crippen molar-refractivity contribution in [3.8, 4) is 0 Å². The first-order chi connectivity index (χ1) is 8.82. The number of hydrogen-bond donors (Lipinski definition) is 0. The van der Waals surface area contributed by atoms with Gasteiger partial charge >= 0.3 is 6.18 Å². The minimum Gasteiger partial charge on any atom is -0.288 e. The number of alkyl halides is 3. The van der Waals surface area contributed by atoms with Crippen molar-refractivity contribution < 1.29 is 22.4 Å². The number of carbonyl (C=O) groups is 1. The van der Waals surface area contributed by atoms with E-state index in [0.717, 1.165) is 12.1 Å². The van der Waals surface area contributed by atoms with Crippen LogP contribution in [-0.2, 0) is 6.18 Å². The highest BCUT2D eigenvalue weighted by atomic mass is 79.9. The van der Waals surface area contributed by atoms with E-state index >= 15 is 0 Å². The van der Waals surface area contributed by atoms with Gasteiger partial charge in [-0.2, -0.15) is 24.5 Å². The van der Waals surface area contributed by atoms with E-state index in [1.165, 1.54) is 16.7 Å². The van der Waals surface area contributed by atoms with E-state index in [1.807, 2.05) is 0 Å². The summed E-state index contributed by atoms with van der Waals surface area (Å²) in [6.45, 7) is 0. The highest BCUT2D eigenvalue weighted by Gasteiger charge is 2.35. The van der Waals surface area contributed by atoms with Gasteiger partial charge in [0.05, 0.1) is 11.1 Å². The summed E-state index contributed by atoms with van der Waals surface area (Å²) in [4.78, 5) is 12.0. The lowest BCUT2D eigenvalue weighted by atomic mass is 10.0. The predicted octanol–water partition coefficient (Wildman–Crippen LogP) is 4.90. The van der Waals surface area contributed by atoms with E-state index in [9.17, 15) is 22.4 Å². The van der Waals surface area contributed by atoms with Crippen molar-refractivity contribution in [1.82, 2.24) is 0 Å². The van der Waals surface area contributed by atoms with Gasteiger partial charge in [-0.3, -0.25) is 4.79 Å². The monoisotopic (exact) mass is 352 g/mol. The van der Waals surface area contributed by atoms with Crippen molar-refractivity contribution in [3.05, 3.63) is 55.9 Å². The van der Waals surface area contributed by atoms with Crippen molar-refractivity contribution >= 4 is 33.0 Å². The Morgan fingerprint density at radius 1 is 1.16 bits per heavy atom. The van der Waals surface area contributed by atoms with E-state index in [-0.39, 0.29) is 5.56 Å². The Labute approximate surface area is 118 Å². The van der Waals surface area contributed by atoms with Crippen LogP contribution in [0.1, 0.15) is 21.5 Å². The summed E-state index contributed by atoms with van der Waals surface area (Å²) in [7, 11) is 0. The molecule has 0 aliphatic carbocycles. The van der Waals surface area contributed by atoms with Crippen LogP contribution in [0.15, 0.2) is 33.4 Å². The first-order valence-corrected chi connectivity index (χ1v) is 6.68. The molecule has 0 fully saturated rings. The van der Waals surface area contributed by atoms with E-state index < -0.39 is 28.9 Å². The zero-order valence-corrected chi connectivity index (χ0v) is 11.5. The van der Waals surface area contributed by atoms with Crippen LogP contribution in [0.4, 0.5) is 17.6 Å². The predicted molar refractivity (Wildman–Crippen MR) is 66.9 cm³/mol. The molecule has 0 saturated carbocycles. The molecule has 0 spiro atoms. The van der Waals surface area contributed by atoms with Crippen LogP contribution in [0.2, 0.25) is 0 Å². The lowest BCUT2D eigenvalue weighted by Crippen LogP contribution is -2.12. The van der Waals surface area contributed by atoms with E-state index in [2.05, 4.69) is 15.9 Å². The Balaban J connectivity index is 2.53. The molecule has 1 aromatic heterocycles. The van der Waals surface area contributed by atoms with Gasteiger partial charge in [0, 0.05) is 20.8 Å². The normalized spacial score (nSPS) is 11.6. The van der Waals surface area contributed by atoms with Gasteiger partial charge in [-0.05, 0) is 28.1 Å². The van der Waals surface area contributed by atoms with Gasteiger partial charge in [-0.15, -0.1) is 0 Å². The van der Waals surface area contributed by atoms with Gasteiger partial charge in [-0.1, -0.05) is 6.07 Å². The number of rotatable bonds is 2. The molecule has 7 heteroatoms. The molecule has 0 radical (unpaired) electrons. The van der Waals surface area contributed by atoms with Crippen LogP contribution in [-0.4, -0.2) is 5.78 Å². The molecule has 0 saturated heterocycles. The minimum absolute atomic E-state index is 0.142. The fourth-order valence-corrected chi connectivity index (χ4v) is 2.97. The molecule has 1 nitrogen and oxygen atoms in total. The van der Waals surface area contributed by atoms with Crippen molar-refractivity contribution in [3.63, 3.8) is 0 Å². The number of ketones is 1. The summed E-state index contributed by atoms with van der Waals surface area (Å²) in [5.41, 5.74) is -1.89. The van der Waals surface area contributed by atoms with Crippen LogP contribution in [0.3, 0.4) is 0 Å². The van der Waals surface area contributed by atoms with Gasteiger partial charge in [0.15, 0.2) is 5.78 Å². The summed E-state index contributed by atoms with van der Waals surface area (Å²) in [5, 5.41) is 3.05. The topological polar surface area (TPSA) is 17.1 Å². The van der Waals surface area contributed by atoms with Gasteiger partial charge in [0.1, 0.15) is 5.82 Å². The van der Waals surface area contributed by atoms with Crippen LogP contribution in [0, 0.1) is 5.82 Å². The molecule has 0 atom stereocenters. The highest BCUT2D eigenvalue weighted by Crippen LogP contribution is 2.33. The first-order valence-electron chi connectivity index (χ1n) is 4.94. The SMILES string of the molecule is O=C(c1cscc1Br)c1cccc(C(F)(F)F)c1F. The Hall–Kier alpha value is -1.21. The molecule has 100 valence electrons. The fraction of sp³-hybridized carbons (Fsp3) is 0.0833. The molecular formula is C12H5BrF4OS. The van der Waals surface area contributed by atoms with Gasteiger partial charge in [0.2, 0.25) is 0 Å². The van der Waals surface area contributed by atoms with Crippen molar-refractivity contribution in [1.29, 1.82) is 0 Å². The average molecular weight is 353 g/mol. The molecule has 1 aromatic carbocycles. The molecule has 19 heavy (non-hydrogen) atoms. The molecule has 0 bridgehead atoms. The van der Waals surface area contributed by atoms with E-state index in [4.69, 9.17) is 0 Å². The molecule has 0 aliphatic rings. The number of thiophene rings is 1. The van der Waals surface area contributed by atoms with E-state index in [0.29, 0.717) is 10.5 Å². The standard InChI is InChI=1S/C12H5BrF4OS/c13-9-5-19-4-7(9)11(18)6-2-1-3-8(10(6)14)12(15,16)17/h1-5H. The molecule has 0 aliphatic heterocycles. The largest absolute Gasteiger partial charge is 0.419 e. The second-order valence-corrected chi connectivity index (χ2v) is 5.23. The zero-order chi connectivity index (χ0) is 14.2. The van der Waals surface area contributed by atoms with Crippen LogP contribution in [0.5, 0.6) is 0 Å². The number of benzene rings is 1. The smallest absolute Gasteiger partial charge is 0.288 e. The number of halogens is 5. The number of hydrogen-bond acceptors (Lipinski definition) is 2. The van der Waals surface area contributed by atoms with Gasteiger partial charge in [0.25, 0.3) is 0 Å². The van der Waals surface area contributed by atoms with Crippen molar-refractivity contribution in [2.45, 2.75) is 6.18 Å². The lowest BCUT2D eigenvalue weighted by Gasteiger charge is -2.10. The molecule has 0 amide bonds. The maximum absolute atomic E-state index is 13.8. The summed E-state index contributed by atoms with van der Waals surface area (Å²) >= 11 is 4.28. The summed E-state index contributed by atoms with van der Waals surface area (Å²) in [6.07, 6.45) is -4.83. The van der Waals surface area contributed by atoms with Gasteiger partial charge < -0.3 is 0 Å².